The van der Waals surface area contributed by atoms with Crippen LogP contribution in [0.3, 0.4) is 0 Å². The maximum Gasteiger partial charge on any atom is 0.217 e. The molecular weight excluding hydrogens is 216 g/mol. The number of hydrogen-bond acceptors (Lipinski definition) is 3. The van der Waals surface area contributed by atoms with Gasteiger partial charge in [-0.25, -0.2) is 0 Å². The molecule has 1 fully saturated rings. The van der Waals surface area contributed by atoms with Gasteiger partial charge in [-0.2, -0.15) is 0 Å². The van der Waals surface area contributed by atoms with E-state index < -0.39 is 0 Å². The molecule has 4 nitrogen and oxygen atoms in total. The minimum Gasteiger partial charge on any atom is -0.497 e. The maximum atomic E-state index is 11.0. The van der Waals surface area contributed by atoms with Crippen molar-refractivity contribution in [3.63, 3.8) is 0 Å². The lowest BCUT2D eigenvalue weighted by atomic mass is 10.2. The number of anilines is 1. The van der Waals surface area contributed by atoms with Crippen molar-refractivity contribution >= 4 is 11.6 Å². The Hall–Kier alpha value is -1.71. The highest BCUT2D eigenvalue weighted by molar-refractivity contribution is 5.73. The van der Waals surface area contributed by atoms with E-state index >= 15 is 0 Å². The molecule has 0 radical (unpaired) electrons. The first-order valence-corrected chi connectivity index (χ1v) is 5.85. The van der Waals surface area contributed by atoms with Crippen molar-refractivity contribution < 1.29 is 9.53 Å². The van der Waals surface area contributed by atoms with Crippen molar-refractivity contribution in [2.24, 2.45) is 0 Å². The molecule has 1 saturated heterocycles. The minimum atomic E-state index is 0.0440. The lowest BCUT2D eigenvalue weighted by Crippen LogP contribution is -2.35. The van der Waals surface area contributed by atoms with Crippen molar-refractivity contribution in [3.8, 4) is 5.75 Å². The number of rotatable bonds is 3. The summed E-state index contributed by atoms with van der Waals surface area (Å²) >= 11 is 0. The largest absolute Gasteiger partial charge is 0.497 e. The summed E-state index contributed by atoms with van der Waals surface area (Å²) in [7, 11) is 1.67. The highest BCUT2D eigenvalue weighted by atomic mass is 16.5. The Bertz CT molecular complexity index is 406. The van der Waals surface area contributed by atoms with Gasteiger partial charge in [0.15, 0.2) is 0 Å². The van der Waals surface area contributed by atoms with Gasteiger partial charge in [0.2, 0.25) is 5.91 Å². The first-order chi connectivity index (χ1) is 8.19. The van der Waals surface area contributed by atoms with Gasteiger partial charge in [0.1, 0.15) is 5.75 Å². The molecule has 0 aliphatic carbocycles. The number of ether oxygens (including phenoxy) is 1. The maximum absolute atomic E-state index is 11.0. The number of hydrogen-bond donors (Lipinski definition) is 1. The van der Waals surface area contributed by atoms with Gasteiger partial charge in [0.25, 0.3) is 0 Å². The van der Waals surface area contributed by atoms with Gasteiger partial charge in [0, 0.05) is 37.8 Å². The molecule has 1 atom stereocenters. The summed E-state index contributed by atoms with van der Waals surface area (Å²) in [6.07, 6.45) is 0.997. The minimum absolute atomic E-state index is 0.0440. The quantitative estimate of drug-likeness (QED) is 0.859. The third-order valence-corrected chi connectivity index (χ3v) is 3.01. The van der Waals surface area contributed by atoms with Crippen molar-refractivity contribution in [1.82, 2.24) is 5.32 Å². The summed E-state index contributed by atoms with van der Waals surface area (Å²) in [6, 6.07) is 8.28. The summed E-state index contributed by atoms with van der Waals surface area (Å²) in [4.78, 5) is 13.3. The van der Waals surface area contributed by atoms with E-state index in [1.807, 2.05) is 18.2 Å². The summed E-state index contributed by atoms with van der Waals surface area (Å²) in [5.41, 5.74) is 1.15. The molecule has 1 heterocycles. The van der Waals surface area contributed by atoms with Crippen LogP contribution in [0.15, 0.2) is 24.3 Å². The zero-order valence-corrected chi connectivity index (χ0v) is 10.3. The fourth-order valence-electron chi connectivity index (χ4n) is 2.21. The highest BCUT2D eigenvalue weighted by Gasteiger charge is 2.23. The van der Waals surface area contributed by atoms with Crippen LogP contribution in [0.1, 0.15) is 13.3 Å². The van der Waals surface area contributed by atoms with Gasteiger partial charge in [-0.3, -0.25) is 4.79 Å². The van der Waals surface area contributed by atoms with E-state index in [0.29, 0.717) is 0 Å². The van der Waals surface area contributed by atoms with Gasteiger partial charge in [-0.15, -0.1) is 0 Å². The fourth-order valence-corrected chi connectivity index (χ4v) is 2.21. The Morgan fingerprint density at radius 1 is 1.53 bits per heavy atom. The van der Waals surface area contributed by atoms with Gasteiger partial charge < -0.3 is 15.0 Å². The molecule has 0 aromatic heterocycles. The van der Waals surface area contributed by atoms with Crippen LogP contribution in [0.25, 0.3) is 0 Å². The molecule has 1 aromatic carbocycles. The Labute approximate surface area is 102 Å². The predicted octanol–water partition coefficient (Wildman–Crippen LogP) is 1.41. The normalized spacial score (nSPS) is 19.2. The van der Waals surface area contributed by atoms with Gasteiger partial charge in [-0.05, 0) is 18.6 Å². The average molecular weight is 234 g/mol. The van der Waals surface area contributed by atoms with E-state index in [-0.39, 0.29) is 11.9 Å². The molecule has 1 aromatic rings. The molecule has 4 heteroatoms. The number of methoxy groups -OCH3 is 1. The SMILES string of the molecule is COc1cccc(N2CCC(NC(C)=O)C2)c1. The lowest BCUT2D eigenvalue weighted by molar-refractivity contribution is -0.119. The standard InChI is InChI=1S/C13H18N2O2/c1-10(16)14-11-6-7-15(9-11)12-4-3-5-13(8-12)17-2/h3-5,8,11H,6-7,9H2,1-2H3,(H,14,16). The zero-order chi connectivity index (χ0) is 12.3. The second-order valence-electron chi connectivity index (χ2n) is 4.33. The van der Waals surface area contributed by atoms with Crippen molar-refractivity contribution in [1.29, 1.82) is 0 Å². The number of nitrogens with zero attached hydrogens (tertiary/aromatic N) is 1. The molecule has 2 rings (SSSR count). The number of carbonyl (C=O) groups excluding carboxylic acids is 1. The average Bonchev–Trinajstić information content (AvgIpc) is 2.77. The predicted molar refractivity (Wildman–Crippen MR) is 67.4 cm³/mol. The van der Waals surface area contributed by atoms with E-state index in [4.69, 9.17) is 4.74 Å². The molecule has 1 unspecified atom stereocenters. The van der Waals surface area contributed by atoms with E-state index in [0.717, 1.165) is 30.9 Å². The number of benzene rings is 1. The van der Waals surface area contributed by atoms with Crippen molar-refractivity contribution in [2.75, 3.05) is 25.1 Å². The van der Waals surface area contributed by atoms with Crippen molar-refractivity contribution in [2.45, 2.75) is 19.4 Å². The van der Waals surface area contributed by atoms with Crippen LogP contribution in [0.5, 0.6) is 5.75 Å². The third-order valence-electron chi connectivity index (χ3n) is 3.01. The summed E-state index contributed by atoms with van der Waals surface area (Å²) in [6.45, 7) is 3.40. The molecule has 1 N–H and O–H groups in total. The van der Waals surface area contributed by atoms with Crippen LogP contribution >= 0.6 is 0 Å². The third kappa shape index (κ3) is 2.90. The van der Waals surface area contributed by atoms with Crippen molar-refractivity contribution in [3.05, 3.63) is 24.3 Å². The molecule has 1 amide bonds. The van der Waals surface area contributed by atoms with Crippen LogP contribution in [0.2, 0.25) is 0 Å². The molecule has 17 heavy (non-hydrogen) atoms. The topological polar surface area (TPSA) is 41.6 Å². The van der Waals surface area contributed by atoms with E-state index in [1.54, 1.807) is 14.0 Å². The Kier molecular flexibility index (Phi) is 3.52. The molecule has 0 spiro atoms. The number of nitrogens with one attached hydrogen (secondary N) is 1. The first kappa shape index (κ1) is 11.8. The lowest BCUT2D eigenvalue weighted by Gasteiger charge is -2.19. The molecule has 0 bridgehead atoms. The summed E-state index contributed by atoms with van der Waals surface area (Å²) in [5.74, 6) is 0.910. The monoisotopic (exact) mass is 234 g/mol. The summed E-state index contributed by atoms with van der Waals surface area (Å²) < 4.78 is 5.21. The van der Waals surface area contributed by atoms with Gasteiger partial charge in [0.05, 0.1) is 7.11 Å². The van der Waals surface area contributed by atoms with Crippen LogP contribution in [0.4, 0.5) is 5.69 Å². The smallest absolute Gasteiger partial charge is 0.217 e. The van der Waals surface area contributed by atoms with E-state index in [9.17, 15) is 4.79 Å². The Morgan fingerprint density at radius 3 is 3.06 bits per heavy atom. The second-order valence-corrected chi connectivity index (χ2v) is 4.33. The second kappa shape index (κ2) is 5.08. The molecule has 0 saturated carbocycles. The molecule has 1 aliphatic heterocycles. The highest BCUT2D eigenvalue weighted by Crippen LogP contribution is 2.24. The molecule has 1 aliphatic rings. The van der Waals surface area contributed by atoms with Crippen LogP contribution in [-0.2, 0) is 4.79 Å². The van der Waals surface area contributed by atoms with Gasteiger partial charge in [-0.1, -0.05) is 6.07 Å². The Morgan fingerprint density at radius 2 is 2.35 bits per heavy atom. The van der Waals surface area contributed by atoms with Crippen LogP contribution in [0, 0.1) is 0 Å². The van der Waals surface area contributed by atoms with Crippen LogP contribution < -0.4 is 15.0 Å². The Balaban J connectivity index is 2.01. The zero-order valence-electron chi connectivity index (χ0n) is 10.3. The van der Waals surface area contributed by atoms with Gasteiger partial charge >= 0.3 is 0 Å². The fraction of sp³-hybridized carbons (Fsp3) is 0.462. The van der Waals surface area contributed by atoms with E-state index in [1.165, 1.54) is 0 Å². The first-order valence-electron chi connectivity index (χ1n) is 5.85. The number of carbonyl (C=O) groups is 1. The number of amides is 1. The summed E-state index contributed by atoms with van der Waals surface area (Å²) in [5, 5.41) is 2.96. The van der Waals surface area contributed by atoms with E-state index in [2.05, 4.69) is 16.3 Å². The molecule has 92 valence electrons. The van der Waals surface area contributed by atoms with Crippen LogP contribution in [-0.4, -0.2) is 32.1 Å². The molecular formula is C13H18N2O2.